The number of nitro benzene ring substituents is 2. The van der Waals surface area contributed by atoms with Crippen LogP contribution in [-0.4, -0.2) is 53.6 Å². The molecule has 5 rings (SSSR count). The van der Waals surface area contributed by atoms with Crippen LogP contribution in [0.2, 0.25) is 0 Å². The predicted molar refractivity (Wildman–Crippen MR) is 182 cm³/mol. The second-order valence-corrected chi connectivity index (χ2v) is 11.8. The highest BCUT2D eigenvalue weighted by Gasteiger charge is 2.22. The molecule has 0 amide bonds. The van der Waals surface area contributed by atoms with Crippen molar-refractivity contribution < 1.29 is 38.6 Å². The normalized spacial score (nSPS) is 21.2. The largest absolute Gasteiger partial charge is 0.507 e. The zero-order valence-electron chi connectivity index (χ0n) is 27.6. The van der Waals surface area contributed by atoms with Gasteiger partial charge in [-0.3, -0.25) is 20.2 Å². The van der Waals surface area contributed by atoms with Gasteiger partial charge in [-0.05, 0) is 43.2 Å². The molecule has 0 aliphatic carbocycles. The third kappa shape index (κ3) is 9.96. The third-order valence-corrected chi connectivity index (χ3v) is 7.82. The van der Waals surface area contributed by atoms with Gasteiger partial charge in [-0.15, -0.1) is 5.11 Å². The Labute approximate surface area is 288 Å². The van der Waals surface area contributed by atoms with Gasteiger partial charge in [0.05, 0.1) is 73.4 Å². The molecule has 4 aromatic carbocycles. The van der Waals surface area contributed by atoms with Crippen molar-refractivity contribution in [3.8, 4) is 5.75 Å². The Kier molecular flexibility index (Phi) is 12.7. The quantitative estimate of drug-likeness (QED) is 0.119. The van der Waals surface area contributed by atoms with Crippen molar-refractivity contribution in [2.24, 2.45) is 10.2 Å². The van der Waals surface area contributed by atoms with E-state index in [2.05, 4.69) is 10.2 Å². The number of non-ortho nitro benzene ring substituents is 1. The zero-order valence-corrected chi connectivity index (χ0v) is 27.6. The van der Waals surface area contributed by atoms with Crippen LogP contribution in [0, 0.1) is 20.2 Å². The van der Waals surface area contributed by atoms with Gasteiger partial charge in [-0.1, -0.05) is 60.7 Å². The summed E-state index contributed by atoms with van der Waals surface area (Å²) in [6.07, 6.45) is -1.37. The molecule has 0 aromatic heterocycles. The lowest BCUT2D eigenvalue weighted by molar-refractivity contribution is -0.393. The summed E-state index contributed by atoms with van der Waals surface area (Å²) < 4.78 is 30.9. The zero-order chi connectivity index (χ0) is 35.5. The van der Waals surface area contributed by atoms with Crippen LogP contribution in [-0.2, 0) is 36.9 Å². The number of nitrogens with zero attached hydrogens (tertiary/aromatic N) is 4. The van der Waals surface area contributed by atoms with E-state index in [9.17, 15) is 25.3 Å². The summed E-state index contributed by atoms with van der Waals surface area (Å²) in [5.74, 6) is -0.0728. The van der Waals surface area contributed by atoms with Gasteiger partial charge < -0.3 is 28.8 Å². The van der Waals surface area contributed by atoms with Crippen molar-refractivity contribution in [3.05, 3.63) is 133 Å². The summed E-state index contributed by atoms with van der Waals surface area (Å²) in [7, 11) is 0. The number of benzene rings is 4. The smallest absolute Gasteiger partial charge is 0.303 e. The van der Waals surface area contributed by atoms with Crippen LogP contribution in [0.25, 0.3) is 0 Å². The first-order valence-corrected chi connectivity index (χ1v) is 16.0. The minimum Gasteiger partial charge on any atom is -0.507 e. The first-order valence-electron chi connectivity index (χ1n) is 16.0. The lowest BCUT2D eigenvalue weighted by Gasteiger charge is -2.25. The summed E-state index contributed by atoms with van der Waals surface area (Å²) in [5.41, 5.74) is 1.59. The van der Waals surface area contributed by atoms with Crippen molar-refractivity contribution in [3.63, 3.8) is 0 Å². The number of hydrogen-bond donors (Lipinski definition) is 1. The molecule has 1 aliphatic rings. The van der Waals surface area contributed by atoms with Crippen LogP contribution >= 0.6 is 0 Å². The van der Waals surface area contributed by atoms with Crippen LogP contribution < -0.4 is 0 Å². The van der Waals surface area contributed by atoms with Gasteiger partial charge >= 0.3 is 5.69 Å². The summed E-state index contributed by atoms with van der Waals surface area (Å²) in [5, 5.41) is 42.4. The molecule has 0 spiro atoms. The number of hydrogen-bond acceptors (Lipinski definition) is 12. The summed E-state index contributed by atoms with van der Waals surface area (Å²) in [6, 6.07) is 25.4. The molecule has 0 saturated carbocycles. The first kappa shape index (κ1) is 36.2. The first-order chi connectivity index (χ1) is 24.2. The lowest BCUT2D eigenvalue weighted by atomic mass is 10.1. The molecule has 1 N–H and O–H groups in total. The van der Waals surface area contributed by atoms with Crippen molar-refractivity contribution >= 4 is 22.7 Å². The Bertz CT molecular complexity index is 1690. The Morgan fingerprint density at radius 1 is 0.680 bits per heavy atom. The number of phenolic OH excluding ortho intramolecular Hbond substituents is 1. The number of aromatic hydroxyl groups is 1. The van der Waals surface area contributed by atoms with Gasteiger partial charge in [-0.2, -0.15) is 5.11 Å². The molecular weight excluding hydrogens is 648 g/mol. The molecule has 262 valence electrons. The van der Waals surface area contributed by atoms with E-state index in [0.29, 0.717) is 24.3 Å². The van der Waals surface area contributed by atoms with Crippen LogP contribution in [0.15, 0.2) is 101 Å². The predicted octanol–water partition coefficient (Wildman–Crippen LogP) is 7.98. The Morgan fingerprint density at radius 2 is 1.20 bits per heavy atom. The molecule has 0 saturated heterocycles. The van der Waals surface area contributed by atoms with E-state index in [4.69, 9.17) is 23.7 Å². The van der Waals surface area contributed by atoms with Gasteiger partial charge in [0.25, 0.3) is 5.69 Å². The van der Waals surface area contributed by atoms with Gasteiger partial charge in [-0.25, -0.2) is 0 Å². The Morgan fingerprint density at radius 3 is 1.68 bits per heavy atom. The molecule has 4 aromatic rings. The minimum absolute atomic E-state index is 0.0363. The maximum absolute atomic E-state index is 11.7. The van der Waals surface area contributed by atoms with Crippen LogP contribution in [0.5, 0.6) is 5.75 Å². The van der Waals surface area contributed by atoms with E-state index in [0.717, 1.165) is 29.3 Å². The van der Waals surface area contributed by atoms with Crippen LogP contribution in [0.3, 0.4) is 0 Å². The highest BCUT2D eigenvalue weighted by atomic mass is 16.6. The molecule has 1 aliphatic heterocycles. The molecule has 1 heterocycles. The van der Waals surface area contributed by atoms with E-state index in [-0.39, 0.29) is 55.8 Å². The highest BCUT2D eigenvalue weighted by Crippen LogP contribution is 2.35. The molecule has 0 radical (unpaired) electrons. The van der Waals surface area contributed by atoms with E-state index in [1.807, 2.05) is 74.5 Å². The summed E-state index contributed by atoms with van der Waals surface area (Å²) in [6.45, 7) is 4.68. The standard InChI is InChI=1S/C36H38N4O10/c1-24-18-48-34(26-9-5-3-6-10-26)22-46-20-28-15-30(37-38-32-14-13-31(39(42)43)17-33(32)40(44)45)16-29(36(28)41)21-47-23-35(49-19-25(2)50-24)27-11-7-4-8-12-27/h3-17,24-25,34-35,41H,18-23H2,1-2H3/t24-,25-,34-,35-/m0/s1. The third-order valence-electron chi connectivity index (χ3n) is 7.82. The molecule has 50 heavy (non-hydrogen) atoms. The minimum atomic E-state index is -0.764. The molecule has 2 bridgehead atoms. The van der Waals surface area contributed by atoms with Gasteiger partial charge in [0.1, 0.15) is 18.0 Å². The second kappa shape index (κ2) is 17.5. The number of nitro groups is 2. The average molecular weight is 687 g/mol. The average Bonchev–Trinajstić information content (AvgIpc) is 3.11. The maximum atomic E-state index is 11.7. The monoisotopic (exact) mass is 686 g/mol. The molecule has 0 unspecified atom stereocenters. The van der Waals surface area contributed by atoms with E-state index < -0.39 is 33.4 Å². The molecule has 14 heteroatoms. The number of fused-ring (bicyclic) bond motifs is 2. The van der Waals surface area contributed by atoms with Crippen molar-refractivity contribution in [1.29, 1.82) is 0 Å². The fourth-order valence-corrected chi connectivity index (χ4v) is 5.33. The number of ether oxygens (including phenoxy) is 5. The van der Waals surface area contributed by atoms with Crippen molar-refractivity contribution in [1.82, 2.24) is 0 Å². The van der Waals surface area contributed by atoms with E-state index in [1.165, 1.54) is 0 Å². The van der Waals surface area contributed by atoms with Crippen molar-refractivity contribution in [2.45, 2.75) is 51.5 Å². The SMILES string of the molecule is C[C@H]1CO[C@H](c2ccccc2)COCc2cc(N=Nc3ccc([N+](=O)[O-])cc3[N+](=O)[O-])cc(c2O)COC[C@@H](c2ccccc2)OC[C@H](C)O1. The van der Waals surface area contributed by atoms with Crippen LogP contribution in [0.4, 0.5) is 22.7 Å². The number of azo groups is 1. The summed E-state index contributed by atoms with van der Waals surface area (Å²) >= 11 is 0. The molecule has 14 nitrogen and oxygen atoms in total. The summed E-state index contributed by atoms with van der Waals surface area (Å²) in [4.78, 5) is 21.3. The van der Waals surface area contributed by atoms with Crippen molar-refractivity contribution in [2.75, 3.05) is 26.4 Å². The topological polar surface area (TPSA) is 177 Å². The number of phenols is 1. The fourth-order valence-electron chi connectivity index (χ4n) is 5.33. The van der Waals surface area contributed by atoms with E-state index in [1.54, 1.807) is 12.1 Å². The molecular formula is C36H38N4O10. The van der Waals surface area contributed by atoms with Crippen LogP contribution in [0.1, 0.15) is 48.3 Å². The van der Waals surface area contributed by atoms with Gasteiger partial charge in [0.2, 0.25) is 0 Å². The Hall–Kier alpha value is -5.12. The number of rotatable bonds is 6. The molecule has 0 fully saturated rings. The Balaban J connectivity index is 1.46. The fraction of sp³-hybridized carbons (Fsp3) is 0.333. The lowest BCUT2D eigenvalue weighted by Crippen LogP contribution is -2.28. The van der Waals surface area contributed by atoms with Gasteiger partial charge in [0.15, 0.2) is 5.69 Å². The molecule has 4 atom stereocenters. The second-order valence-electron chi connectivity index (χ2n) is 11.8. The van der Waals surface area contributed by atoms with Gasteiger partial charge in [0, 0.05) is 17.2 Å². The highest BCUT2D eigenvalue weighted by molar-refractivity contribution is 5.62. The van der Waals surface area contributed by atoms with E-state index >= 15 is 0 Å². The maximum Gasteiger partial charge on any atom is 0.303 e.